The maximum absolute atomic E-state index is 11.4. The number of benzene rings is 2. The number of nitrogens with two attached hydrogens (primary N) is 1. The molecule has 0 radical (unpaired) electrons. The predicted octanol–water partition coefficient (Wildman–Crippen LogP) is 3.00. The lowest BCUT2D eigenvalue weighted by Crippen LogP contribution is -2.33. The van der Waals surface area contributed by atoms with Gasteiger partial charge in [0.05, 0.1) is 11.3 Å². The average Bonchev–Trinajstić information content (AvgIpc) is 2.75. The highest BCUT2D eigenvalue weighted by atomic mass is 16.3. The SMILES string of the molecule is Nc1nnc(-c2ccccc2O)cc1C#Cc1ccc(N2CCC(=O)CC2)cc1. The van der Waals surface area contributed by atoms with Crippen molar-refractivity contribution in [1.29, 1.82) is 0 Å². The Bertz CT molecular complexity index is 1100. The van der Waals surface area contributed by atoms with Crippen molar-refractivity contribution >= 4 is 17.3 Å². The molecule has 1 fully saturated rings. The van der Waals surface area contributed by atoms with Gasteiger partial charge in [-0.1, -0.05) is 24.0 Å². The Hall–Kier alpha value is -3.85. The molecule has 0 amide bonds. The summed E-state index contributed by atoms with van der Waals surface area (Å²) in [5.41, 5.74) is 9.51. The fraction of sp³-hybridized carbons (Fsp3) is 0.174. The van der Waals surface area contributed by atoms with Gasteiger partial charge in [-0.2, -0.15) is 0 Å². The number of hydrogen-bond acceptors (Lipinski definition) is 6. The summed E-state index contributed by atoms with van der Waals surface area (Å²) < 4.78 is 0. The van der Waals surface area contributed by atoms with Crippen LogP contribution in [0, 0.1) is 11.8 Å². The zero-order chi connectivity index (χ0) is 20.2. The summed E-state index contributed by atoms with van der Waals surface area (Å²) in [7, 11) is 0. The number of carbonyl (C=O) groups excluding carboxylic acids is 1. The van der Waals surface area contributed by atoms with Crippen molar-refractivity contribution < 1.29 is 9.90 Å². The van der Waals surface area contributed by atoms with Crippen LogP contribution >= 0.6 is 0 Å². The van der Waals surface area contributed by atoms with Crippen LogP contribution < -0.4 is 10.6 Å². The molecule has 1 saturated heterocycles. The summed E-state index contributed by atoms with van der Waals surface area (Å²) in [4.78, 5) is 13.6. The number of aromatic hydroxyl groups is 1. The molecule has 3 N–H and O–H groups in total. The van der Waals surface area contributed by atoms with Crippen molar-refractivity contribution in [2.24, 2.45) is 0 Å². The number of hydrogen-bond donors (Lipinski definition) is 2. The number of ketones is 1. The largest absolute Gasteiger partial charge is 0.507 e. The van der Waals surface area contributed by atoms with Crippen molar-refractivity contribution in [2.75, 3.05) is 23.7 Å². The number of nitrogen functional groups attached to an aromatic ring is 1. The first-order valence-electron chi connectivity index (χ1n) is 9.40. The van der Waals surface area contributed by atoms with Crippen molar-refractivity contribution in [3.8, 4) is 28.8 Å². The van der Waals surface area contributed by atoms with Crippen LogP contribution in [-0.4, -0.2) is 34.2 Å². The number of phenolic OH excluding ortho intramolecular Hbond substituents is 1. The van der Waals surface area contributed by atoms with Crippen molar-refractivity contribution in [1.82, 2.24) is 10.2 Å². The first-order chi connectivity index (χ1) is 14.1. The minimum absolute atomic E-state index is 0.125. The van der Waals surface area contributed by atoms with Crippen LogP contribution in [0.1, 0.15) is 24.0 Å². The van der Waals surface area contributed by atoms with Crippen LogP contribution in [0.15, 0.2) is 54.6 Å². The van der Waals surface area contributed by atoms with E-state index in [4.69, 9.17) is 5.73 Å². The highest BCUT2D eigenvalue weighted by molar-refractivity contribution is 5.81. The molecule has 2 heterocycles. The topological polar surface area (TPSA) is 92.3 Å². The second kappa shape index (κ2) is 8.03. The molecular formula is C23H20N4O2. The van der Waals surface area contributed by atoms with Gasteiger partial charge in [-0.3, -0.25) is 4.79 Å². The average molecular weight is 384 g/mol. The van der Waals surface area contributed by atoms with E-state index in [1.54, 1.807) is 24.3 Å². The molecular weight excluding hydrogens is 364 g/mol. The summed E-state index contributed by atoms with van der Waals surface area (Å²) >= 11 is 0. The number of carbonyl (C=O) groups is 1. The molecule has 144 valence electrons. The van der Waals surface area contributed by atoms with Gasteiger partial charge in [-0.15, -0.1) is 10.2 Å². The Kier molecular flexibility index (Phi) is 5.12. The highest BCUT2D eigenvalue weighted by Crippen LogP contribution is 2.27. The van der Waals surface area contributed by atoms with Crippen LogP contribution in [0.2, 0.25) is 0 Å². The van der Waals surface area contributed by atoms with Gasteiger partial charge in [-0.05, 0) is 42.5 Å². The number of aromatic nitrogens is 2. The van der Waals surface area contributed by atoms with Gasteiger partial charge in [0, 0.05) is 42.7 Å². The molecule has 1 aromatic heterocycles. The number of nitrogens with zero attached hydrogens (tertiary/aromatic N) is 3. The monoisotopic (exact) mass is 384 g/mol. The number of anilines is 2. The molecule has 3 aromatic rings. The number of Topliss-reactive ketones (excluding diaryl/α,β-unsaturated/α-hetero) is 1. The van der Waals surface area contributed by atoms with Gasteiger partial charge >= 0.3 is 0 Å². The lowest BCUT2D eigenvalue weighted by Gasteiger charge is -2.28. The summed E-state index contributed by atoms with van der Waals surface area (Å²) in [5, 5.41) is 18.1. The van der Waals surface area contributed by atoms with E-state index in [9.17, 15) is 9.90 Å². The molecule has 0 bridgehead atoms. The Balaban J connectivity index is 1.55. The maximum Gasteiger partial charge on any atom is 0.161 e. The molecule has 6 heteroatoms. The van der Waals surface area contributed by atoms with Gasteiger partial charge < -0.3 is 15.7 Å². The summed E-state index contributed by atoms with van der Waals surface area (Å²) in [6.45, 7) is 1.52. The molecule has 0 unspecified atom stereocenters. The van der Waals surface area contributed by atoms with Crippen LogP contribution in [-0.2, 0) is 4.79 Å². The molecule has 0 spiro atoms. The number of para-hydroxylation sites is 1. The van der Waals surface area contributed by atoms with Gasteiger partial charge in [0.15, 0.2) is 5.82 Å². The normalized spacial score (nSPS) is 13.7. The van der Waals surface area contributed by atoms with E-state index in [1.165, 1.54) is 0 Å². The Morgan fingerprint density at radius 1 is 0.966 bits per heavy atom. The van der Waals surface area contributed by atoms with E-state index in [-0.39, 0.29) is 11.6 Å². The molecule has 29 heavy (non-hydrogen) atoms. The molecule has 1 aliphatic rings. The maximum atomic E-state index is 11.4. The first kappa shape index (κ1) is 18.5. The molecule has 1 aliphatic heterocycles. The number of piperidine rings is 1. The van der Waals surface area contributed by atoms with Gasteiger partial charge in [-0.25, -0.2) is 0 Å². The van der Waals surface area contributed by atoms with Gasteiger partial charge in [0.25, 0.3) is 0 Å². The van der Waals surface area contributed by atoms with Crippen LogP contribution in [0.4, 0.5) is 11.5 Å². The smallest absolute Gasteiger partial charge is 0.161 e. The van der Waals surface area contributed by atoms with E-state index in [0.717, 1.165) is 24.3 Å². The van der Waals surface area contributed by atoms with E-state index in [1.807, 2.05) is 30.3 Å². The second-order valence-electron chi connectivity index (χ2n) is 6.87. The van der Waals surface area contributed by atoms with E-state index < -0.39 is 0 Å². The Morgan fingerprint density at radius 2 is 1.69 bits per heavy atom. The minimum atomic E-state index is 0.125. The van der Waals surface area contributed by atoms with Crippen molar-refractivity contribution in [2.45, 2.75) is 12.8 Å². The fourth-order valence-electron chi connectivity index (χ4n) is 3.23. The van der Waals surface area contributed by atoms with E-state index in [0.29, 0.717) is 35.4 Å². The van der Waals surface area contributed by atoms with E-state index >= 15 is 0 Å². The van der Waals surface area contributed by atoms with Crippen LogP contribution in [0.3, 0.4) is 0 Å². The third kappa shape index (κ3) is 4.19. The zero-order valence-corrected chi connectivity index (χ0v) is 15.8. The zero-order valence-electron chi connectivity index (χ0n) is 15.8. The Morgan fingerprint density at radius 3 is 2.41 bits per heavy atom. The molecule has 0 atom stereocenters. The van der Waals surface area contributed by atoms with Gasteiger partial charge in [0.2, 0.25) is 0 Å². The summed E-state index contributed by atoms with van der Waals surface area (Å²) in [6, 6.07) is 16.6. The van der Waals surface area contributed by atoms with E-state index in [2.05, 4.69) is 26.9 Å². The quantitative estimate of drug-likeness (QED) is 0.660. The van der Waals surface area contributed by atoms with Crippen molar-refractivity contribution in [3.05, 3.63) is 65.7 Å². The van der Waals surface area contributed by atoms with Crippen LogP contribution in [0.5, 0.6) is 5.75 Å². The lowest BCUT2D eigenvalue weighted by molar-refractivity contribution is -0.119. The third-order valence-electron chi connectivity index (χ3n) is 4.90. The van der Waals surface area contributed by atoms with Gasteiger partial charge in [0.1, 0.15) is 11.5 Å². The minimum Gasteiger partial charge on any atom is -0.507 e. The molecule has 6 nitrogen and oxygen atoms in total. The Labute approximate surface area is 169 Å². The summed E-state index contributed by atoms with van der Waals surface area (Å²) in [5.74, 6) is 6.84. The second-order valence-corrected chi connectivity index (χ2v) is 6.87. The standard InChI is InChI=1S/C23H20N4O2/c24-23-17(15-21(25-26-23)20-3-1-2-4-22(20)29)8-5-16-6-9-18(10-7-16)27-13-11-19(28)12-14-27/h1-4,6-7,9-10,15,29H,11-14H2,(H2,24,26). The number of phenols is 1. The number of rotatable bonds is 2. The molecule has 0 aliphatic carbocycles. The van der Waals surface area contributed by atoms with Crippen molar-refractivity contribution in [3.63, 3.8) is 0 Å². The summed E-state index contributed by atoms with van der Waals surface area (Å²) in [6.07, 6.45) is 1.21. The molecule has 4 rings (SSSR count). The fourth-order valence-corrected chi connectivity index (χ4v) is 3.23. The predicted molar refractivity (Wildman–Crippen MR) is 112 cm³/mol. The lowest BCUT2D eigenvalue weighted by atomic mass is 10.1. The molecule has 2 aromatic carbocycles. The third-order valence-corrected chi connectivity index (χ3v) is 4.90. The highest BCUT2D eigenvalue weighted by Gasteiger charge is 2.16. The molecule has 0 saturated carbocycles. The first-order valence-corrected chi connectivity index (χ1v) is 9.40. The van der Waals surface area contributed by atoms with Crippen LogP contribution in [0.25, 0.3) is 11.3 Å².